The number of para-hydroxylation sites is 1. The molecule has 5 heteroatoms. The summed E-state index contributed by atoms with van der Waals surface area (Å²) in [7, 11) is 2.18. The van der Waals surface area contributed by atoms with Crippen LogP contribution in [0.25, 0.3) is 0 Å². The summed E-state index contributed by atoms with van der Waals surface area (Å²) in [4.78, 5) is 4.83. The maximum Gasteiger partial charge on any atom is 0.136 e. The molecule has 1 saturated heterocycles. The van der Waals surface area contributed by atoms with Crippen LogP contribution >= 0.6 is 15.9 Å². The highest BCUT2D eigenvalue weighted by molar-refractivity contribution is 9.10. The second kappa shape index (κ2) is 8.13. The van der Waals surface area contributed by atoms with E-state index in [4.69, 9.17) is 10.5 Å². The van der Waals surface area contributed by atoms with Gasteiger partial charge in [-0.2, -0.15) is 0 Å². The van der Waals surface area contributed by atoms with Crippen LogP contribution in [-0.2, 0) is 6.42 Å². The number of hydrogen-bond donors (Lipinski definition) is 1. The van der Waals surface area contributed by atoms with Gasteiger partial charge in [0.15, 0.2) is 0 Å². The third-order valence-corrected chi connectivity index (χ3v) is 4.46. The van der Waals surface area contributed by atoms with E-state index < -0.39 is 0 Å². The van der Waals surface area contributed by atoms with Crippen molar-refractivity contribution in [2.45, 2.75) is 19.4 Å². The van der Waals surface area contributed by atoms with E-state index in [2.05, 4.69) is 38.8 Å². The number of likely N-dealkylation sites (N-methyl/N-ethyl adjacent to an activating group) is 1. The van der Waals surface area contributed by atoms with Crippen molar-refractivity contribution < 1.29 is 4.74 Å². The lowest BCUT2D eigenvalue weighted by atomic mass is 10.1. The lowest BCUT2D eigenvalue weighted by Crippen LogP contribution is -2.45. The van der Waals surface area contributed by atoms with Crippen molar-refractivity contribution in [1.82, 2.24) is 9.80 Å². The van der Waals surface area contributed by atoms with Crippen molar-refractivity contribution in [3.05, 3.63) is 28.2 Å². The van der Waals surface area contributed by atoms with Crippen LogP contribution in [0.2, 0.25) is 0 Å². The van der Waals surface area contributed by atoms with Crippen LogP contribution in [0.1, 0.15) is 12.5 Å². The highest BCUT2D eigenvalue weighted by atomic mass is 79.9. The molecule has 1 fully saturated rings. The summed E-state index contributed by atoms with van der Waals surface area (Å²) in [5.74, 6) is 0.948. The minimum Gasteiger partial charge on any atom is -0.491 e. The summed E-state index contributed by atoms with van der Waals surface area (Å²) in [6, 6.07) is 6.30. The molecule has 0 radical (unpaired) electrons. The SMILES string of the molecule is CC(N)Cc1cccc(Br)c1OCCN1CCN(C)CC1. The fourth-order valence-electron chi connectivity index (χ4n) is 2.57. The molecule has 1 heterocycles. The highest BCUT2D eigenvalue weighted by Crippen LogP contribution is 2.29. The highest BCUT2D eigenvalue weighted by Gasteiger charge is 2.14. The van der Waals surface area contributed by atoms with E-state index in [9.17, 15) is 0 Å². The van der Waals surface area contributed by atoms with Crippen molar-refractivity contribution in [3.8, 4) is 5.75 Å². The van der Waals surface area contributed by atoms with Crippen LogP contribution in [0.4, 0.5) is 0 Å². The molecule has 0 amide bonds. The number of rotatable bonds is 6. The van der Waals surface area contributed by atoms with Crippen molar-refractivity contribution in [1.29, 1.82) is 0 Å². The predicted molar refractivity (Wildman–Crippen MR) is 90.9 cm³/mol. The maximum atomic E-state index is 6.04. The first-order valence-corrected chi connectivity index (χ1v) is 8.42. The molecule has 4 nitrogen and oxygen atoms in total. The monoisotopic (exact) mass is 355 g/mol. The van der Waals surface area contributed by atoms with E-state index in [1.54, 1.807) is 0 Å². The number of benzene rings is 1. The lowest BCUT2D eigenvalue weighted by Gasteiger charge is -2.32. The van der Waals surface area contributed by atoms with Crippen LogP contribution in [0.15, 0.2) is 22.7 Å². The third kappa shape index (κ3) is 5.25. The first kappa shape index (κ1) is 16.7. The van der Waals surface area contributed by atoms with Crippen molar-refractivity contribution in [2.24, 2.45) is 5.73 Å². The summed E-state index contributed by atoms with van der Waals surface area (Å²) >= 11 is 3.59. The lowest BCUT2D eigenvalue weighted by molar-refractivity contribution is 0.133. The summed E-state index contributed by atoms with van der Waals surface area (Å²) in [5.41, 5.74) is 7.10. The quantitative estimate of drug-likeness (QED) is 0.846. The molecule has 21 heavy (non-hydrogen) atoms. The smallest absolute Gasteiger partial charge is 0.136 e. The molecule has 1 aromatic carbocycles. The van der Waals surface area contributed by atoms with E-state index >= 15 is 0 Å². The van der Waals surface area contributed by atoms with Crippen molar-refractivity contribution >= 4 is 15.9 Å². The zero-order chi connectivity index (χ0) is 15.2. The van der Waals surface area contributed by atoms with Crippen LogP contribution in [0.5, 0.6) is 5.75 Å². The molecule has 1 aromatic rings. The van der Waals surface area contributed by atoms with Gasteiger partial charge in [-0.3, -0.25) is 4.90 Å². The maximum absolute atomic E-state index is 6.04. The van der Waals surface area contributed by atoms with Crippen LogP contribution < -0.4 is 10.5 Å². The zero-order valence-electron chi connectivity index (χ0n) is 13.0. The Bertz CT molecular complexity index is 445. The average molecular weight is 356 g/mol. The van der Waals surface area contributed by atoms with Gasteiger partial charge in [-0.15, -0.1) is 0 Å². The normalized spacial score (nSPS) is 18.7. The second-order valence-electron chi connectivity index (χ2n) is 5.90. The molecule has 1 aliphatic heterocycles. The fraction of sp³-hybridized carbons (Fsp3) is 0.625. The number of nitrogens with zero attached hydrogens (tertiary/aromatic N) is 2. The average Bonchev–Trinajstić information content (AvgIpc) is 2.43. The minimum atomic E-state index is 0.138. The molecular weight excluding hydrogens is 330 g/mol. The molecule has 0 saturated carbocycles. The molecule has 2 N–H and O–H groups in total. The van der Waals surface area contributed by atoms with Crippen LogP contribution in [0, 0.1) is 0 Å². The molecule has 118 valence electrons. The van der Waals surface area contributed by atoms with E-state index in [1.807, 2.05) is 19.1 Å². The van der Waals surface area contributed by atoms with E-state index in [1.165, 1.54) is 5.56 Å². The molecule has 2 rings (SSSR count). The van der Waals surface area contributed by atoms with Gasteiger partial charge in [-0.1, -0.05) is 12.1 Å². The minimum absolute atomic E-state index is 0.138. The second-order valence-corrected chi connectivity index (χ2v) is 6.76. The number of hydrogen-bond acceptors (Lipinski definition) is 4. The van der Waals surface area contributed by atoms with Crippen molar-refractivity contribution in [2.75, 3.05) is 46.4 Å². The number of halogens is 1. The molecule has 0 bridgehead atoms. The molecular formula is C16H26BrN3O. The molecule has 1 unspecified atom stereocenters. The first-order chi connectivity index (χ1) is 10.1. The molecule has 1 atom stereocenters. The van der Waals surface area contributed by atoms with Gasteiger partial charge in [-0.25, -0.2) is 0 Å². The van der Waals surface area contributed by atoms with Crippen molar-refractivity contribution in [3.63, 3.8) is 0 Å². The van der Waals surface area contributed by atoms with Gasteiger partial charge in [0.2, 0.25) is 0 Å². The van der Waals surface area contributed by atoms with Gasteiger partial charge in [-0.05, 0) is 48.0 Å². The van der Waals surface area contributed by atoms with E-state index in [0.717, 1.165) is 56.0 Å². The molecule has 0 aliphatic carbocycles. The summed E-state index contributed by atoms with van der Waals surface area (Å²) < 4.78 is 7.05. The molecule has 1 aliphatic rings. The van der Waals surface area contributed by atoms with Crippen LogP contribution in [-0.4, -0.2) is 62.2 Å². The van der Waals surface area contributed by atoms with Crippen LogP contribution in [0.3, 0.4) is 0 Å². The Hall–Kier alpha value is -0.620. The van der Waals surface area contributed by atoms with Gasteiger partial charge in [0.05, 0.1) is 4.47 Å². The molecule has 0 spiro atoms. The largest absolute Gasteiger partial charge is 0.491 e. The van der Waals surface area contributed by atoms with Gasteiger partial charge < -0.3 is 15.4 Å². The molecule has 0 aromatic heterocycles. The Morgan fingerprint density at radius 2 is 2.00 bits per heavy atom. The first-order valence-electron chi connectivity index (χ1n) is 7.63. The fourth-order valence-corrected chi connectivity index (χ4v) is 3.09. The van der Waals surface area contributed by atoms with Gasteiger partial charge >= 0.3 is 0 Å². The standard InChI is InChI=1S/C16H26BrN3O/c1-13(18)12-14-4-3-5-15(17)16(14)21-11-10-20-8-6-19(2)7-9-20/h3-5,13H,6-12,18H2,1-2H3. The topological polar surface area (TPSA) is 41.7 Å². The van der Waals surface area contributed by atoms with E-state index in [0.29, 0.717) is 0 Å². The third-order valence-electron chi connectivity index (χ3n) is 3.84. The van der Waals surface area contributed by atoms with Gasteiger partial charge in [0.25, 0.3) is 0 Å². The summed E-state index contributed by atoms with van der Waals surface area (Å²) in [6.45, 7) is 8.26. The Balaban J connectivity index is 1.87. The van der Waals surface area contributed by atoms with E-state index in [-0.39, 0.29) is 6.04 Å². The Morgan fingerprint density at radius 1 is 1.29 bits per heavy atom. The predicted octanol–water partition coefficient (Wildman–Crippen LogP) is 1.97. The van der Waals surface area contributed by atoms with Gasteiger partial charge in [0, 0.05) is 38.8 Å². The number of nitrogens with two attached hydrogens (primary N) is 1. The number of ether oxygens (including phenoxy) is 1. The zero-order valence-corrected chi connectivity index (χ0v) is 14.6. The summed E-state index contributed by atoms with van der Waals surface area (Å²) in [5, 5.41) is 0. The summed E-state index contributed by atoms with van der Waals surface area (Å²) in [6.07, 6.45) is 0.837. The Morgan fingerprint density at radius 3 is 2.67 bits per heavy atom. The Kier molecular flexibility index (Phi) is 6.48. The Labute approximate surface area is 136 Å². The van der Waals surface area contributed by atoms with Gasteiger partial charge in [0.1, 0.15) is 12.4 Å². The number of piperazine rings is 1.